The second-order valence-corrected chi connectivity index (χ2v) is 7.68. The molecule has 0 saturated heterocycles. The number of nitrogens with one attached hydrogen (secondary N) is 2. The van der Waals surface area contributed by atoms with Crippen molar-refractivity contribution in [2.75, 3.05) is 18.5 Å². The maximum absolute atomic E-state index is 12.2. The van der Waals surface area contributed by atoms with Gasteiger partial charge in [0, 0.05) is 25.2 Å². The summed E-state index contributed by atoms with van der Waals surface area (Å²) in [5, 5.41) is 24.6. The van der Waals surface area contributed by atoms with E-state index in [1.54, 1.807) is 0 Å². The molecular formula is C24H23N7O2. The summed E-state index contributed by atoms with van der Waals surface area (Å²) in [7, 11) is 1.95. The summed E-state index contributed by atoms with van der Waals surface area (Å²) in [6.45, 7) is 0.154. The Labute approximate surface area is 189 Å². The standard InChI is InChI=1S/C24H23N7O2/c1-30-20-9-5-3-7-18(20)26-24(30)27-21-10-11-22(29-28-21)31-15-16(14-23(33)25-12-13-32)17-6-2-4-8-19(17)31/h2-11,15,32H,12-14H2,1H3,(H,25,33)(H,26,27,28). The highest BCUT2D eigenvalue weighted by Crippen LogP contribution is 2.25. The lowest BCUT2D eigenvalue weighted by atomic mass is 10.1. The second kappa shape index (κ2) is 8.71. The summed E-state index contributed by atoms with van der Waals surface area (Å²) in [4.78, 5) is 16.8. The van der Waals surface area contributed by atoms with Gasteiger partial charge in [0.05, 0.1) is 29.6 Å². The SMILES string of the molecule is Cn1c(Nc2ccc(-n3cc(CC(=O)NCCO)c4ccccc43)nn2)nc2ccccc21. The van der Waals surface area contributed by atoms with Gasteiger partial charge >= 0.3 is 0 Å². The molecule has 2 aromatic carbocycles. The van der Waals surface area contributed by atoms with Crippen molar-refractivity contribution in [3.63, 3.8) is 0 Å². The molecule has 0 saturated carbocycles. The number of hydrogen-bond acceptors (Lipinski definition) is 6. The number of imidazole rings is 1. The van der Waals surface area contributed by atoms with Crippen LogP contribution < -0.4 is 10.6 Å². The van der Waals surface area contributed by atoms with E-state index in [1.165, 1.54) is 0 Å². The molecule has 0 aliphatic heterocycles. The first kappa shape index (κ1) is 20.7. The third-order valence-corrected chi connectivity index (χ3v) is 5.50. The van der Waals surface area contributed by atoms with Crippen LogP contribution in [0.3, 0.4) is 0 Å². The third kappa shape index (κ3) is 4.01. The fraction of sp³-hybridized carbons (Fsp3) is 0.167. The lowest BCUT2D eigenvalue weighted by molar-refractivity contribution is -0.120. The summed E-state index contributed by atoms with van der Waals surface area (Å²) < 4.78 is 3.90. The molecule has 0 spiro atoms. The molecule has 0 aliphatic carbocycles. The highest BCUT2D eigenvalue weighted by atomic mass is 16.3. The Morgan fingerprint density at radius 3 is 2.55 bits per heavy atom. The van der Waals surface area contributed by atoms with Crippen LogP contribution in [0.2, 0.25) is 0 Å². The van der Waals surface area contributed by atoms with E-state index in [9.17, 15) is 4.79 Å². The maximum atomic E-state index is 12.2. The molecule has 3 heterocycles. The second-order valence-electron chi connectivity index (χ2n) is 7.68. The van der Waals surface area contributed by atoms with E-state index < -0.39 is 0 Å². The third-order valence-electron chi connectivity index (χ3n) is 5.50. The number of anilines is 2. The minimum absolute atomic E-state index is 0.0855. The summed E-state index contributed by atoms with van der Waals surface area (Å²) in [6.07, 6.45) is 2.12. The molecule has 3 N–H and O–H groups in total. The Morgan fingerprint density at radius 2 is 1.79 bits per heavy atom. The Hall–Kier alpha value is -4.24. The zero-order chi connectivity index (χ0) is 22.8. The van der Waals surface area contributed by atoms with Crippen molar-refractivity contribution in [1.82, 2.24) is 29.6 Å². The van der Waals surface area contributed by atoms with E-state index in [2.05, 4.69) is 25.8 Å². The molecule has 166 valence electrons. The molecule has 0 fully saturated rings. The van der Waals surface area contributed by atoms with Crippen molar-refractivity contribution in [3.8, 4) is 5.82 Å². The van der Waals surface area contributed by atoms with Crippen molar-refractivity contribution < 1.29 is 9.90 Å². The molecule has 3 aromatic heterocycles. The molecule has 0 aliphatic rings. The molecule has 9 heteroatoms. The largest absolute Gasteiger partial charge is 0.395 e. The van der Waals surface area contributed by atoms with Crippen LogP contribution in [0.5, 0.6) is 0 Å². The number of hydrogen-bond donors (Lipinski definition) is 3. The molecule has 5 rings (SSSR count). The van der Waals surface area contributed by atoms with Crippen LogP contribution in [0, 0.1) is 0 Å². The number of aliphatic hydroxyl groups excluding tert-OH is 1. The van der Waals surface area contributed by atoms with Gasteiger partial charge in [0.25, 0.3) is 0 Å². The van der Waals surface area contributed by atoms with Gasteiger partial charge in [0.15, 0.2) is 11.6 Å². The van der Waals surface area contributed by atoms with Crippen LogP contribution >= 0.6 is 0 Å². The van der Waals surface area contributed by atoms with E-state index in [4.69, 9.17) is 5.11 Å². The number of nitrogens with zero attached hydrogens (tertiary/aromatic N) is 5. The number of amides is 1. The van der Waals surface area contributed by atoms with Crippen molar-refractivity contribution >= 4 is 39.6 Å². The molecule has 5 aromatic rings. The van der Waals surface area contributed by atoms with Gasteiger partial charge in [-0.1, -0.05) is 30.3 Å². The van der Waals surface area contributed by atoms with Gasteiger partial charge in [-0.05, 0) is 35.9 Å². The van der Waals surface area contributed by atoms with Crippen LogP contribution in [-0.2, 0) is 18.3 Å². The zero-order valence-electron chi connectivity index (χ0n) is 18.1. The molecule has 0 bridgehead atoms. The van der Waals surface area contributed by atoms with Crippen molar-refractivity contribution in [2.45, 2.75) is 6.42 Å². The Kier molecular flexibility index (Phi) is 5.45. The molecule has 1 amide bonds. The van der Waals surface area contributed by atoms with Crippen molar-refractivity contribution in [1.29, 1.82) is 0 Å². The lowest BCUT2D eigenvalue weighted by Gasteiger charge is -2.07. The fourth-order valence-electron chi connectivity index (χ4n) is 3.90. The predicted octanol–water partition coefficient (Wildman–Crippen LogP) is 2.70. The summed E-state index contributed by atoms with van der Waals surface area (Å²) in [6, 6.07) is 19.5. The summed E-state index contributed by atoms with van der Waals surface area (Å²) in [5.41, 5.74) is 3.75. The van der Waals surface area contributed by atoms with Gasteiger partial charge in [-0.2, -0.15) is 0 Å². The first-order valence-corrected chi connectivity index (χ1v) is 10.6. The molecular weight excluding hydrogens is 418 g/mol. The first-order chi connectivity index (χ1) is 16.1. The Balaban J connectivity index is 1.42. The molecule has 9 nitrogen and oxygen atoms in total. The minimum atomic E-state index is -0.139. The summed E-state index contributed by atoms with van der Waals surface area (Å²) in [5.74, 6) is 1.77. The van der Waals surface area contributed by atoms with Crippen molar-refractivity contribution in [3.05, 3.63) is 72.4 Å². The van der Waals surface area contributed by atoms with Crippen LogP contribution in [0.15, 0.2) is 66.9 Å². The number of carbonyl (C=O) groups is 1. The number of para-hydroxylation sites is 3. The predicted molar refractivity (Wildman–Crippen MR) is 127 cm³/mol. The van der Waals surface area contributed by atoms with Gasteiger partial charge in [-0.3, -0.25) is 9.36 Å². The van der Waals surface area contributed by atoms with Crippen LogP contribution in [0.4, 0.5) is 11.8 Å². The van der Waals surface area contributed by atoms with Crippen LogP contribution in [-0.4, -0.2) is 48.5 Å². The fourth-order valence-corrected chi connectivity index (χ4v) is 3.90. The van der Waals surface area contributed by atoms with E-state index >= 15 is 0 Å². The quantitative estimate of drug-likeness (QED) is 0.358. The Bertz CT molecular complexity index is 1440. The number of fused-ring (bicyclic) bond motifs is 2. The zero-order valence-corrected chi connectivity index (χ0v) is 18.1. The normalized spacial score (nSPS) is 11.2. The van der Waals surface area contributed by atoms with Crippen LogP contribution in [0.25, 0.3) is 27.8 Å². The van der Waals surface area contributed by atoms with Gasteiger partial charge in [-0.15, -0.1) is 10.2 Å². The lowest BCUT2D eigenvalue weighted by Crippen LogP contribution is -2.27. The average Bonchev–Trinajstić information content (AvgIpc) is 3.36. The average molecular weight is 441 g/mol. The number of aliphatic hydroxyl groups is 1. The highest BCUT2D eigenvalue weighted by molar-refractivity contribution is 5.90. The first-order valence-electron chi connectivity index (χ1n) is 10.6. The van der Waals surface area contributed by atoms with Crippen LogP contribution in [0.1, 0.15) is 5.56 Å². The highest BCUT2D eigenvalue weighted by Gasteiger charge is 2.14. The monoisotopic (exact) mass is 441 g/mol. The smallest absolute Gasteiger partial charge is 0.224 e. The van der Waals surface area contributed by atoms with Crippen molar-refractivity contribution in [2.24, 2.45) is 7.05 Å². The number of benzene rings is 2. The van der Waals surface area contributed by atoms with Gasteiger partial charge < -0.3 is 20.3 Å². The molecule has 0 radical (unpaired) electrons. The minimum Gasteiger partial charge on any atom is -0.395 e. The molecule has 0 atom stereocenters. The van der Waals surface area contributed by atoms with Gasteiger partial charge in [0.2, 0.25) is 11.9 Å². The Morgan fingerprint density at radius 1 is 1.00 bits per heavy atom. The number of aryl methyl sites for hydroxylation is 1. The number of carbonyl (C=O) groups excluding carboxylic acids is 1. The van der Waals surface area contributed by atoms with Gasteiger partial charge in [-0.25, -0.2) is 4.98 Å². The molecule has 33 heavy (non-hydrogen) atoms. The van der Waals surface area contributed by atoms with E-state index in [1.807, 2.05) is 83.0 Å². The molecule has 0 unspecified atom stereocenters. The number of aromatic nitrogens is 5. The topological polar surface area (TPSA) is 110 Å². The maximum Gasteiger partial charge on any atom is 0.224 e. The number of rotatable bonds is 7. The summed E-state index contributed by atoms with van der Waals surface area (Å²) >= 11 is 0. The van der Waals surface area contributed by atoms with Gasteiger partial charge in [0.1, 0.15) is 0 Å². The van der Waals surface area contributed by atoms with E-state index in [-0.39, 0.29) is 25.5 Å². The van der Waals surface area contributed by atoms with E-state index in [0.29, 0.717) is 17.6 Å². The van der Waals surface area contributed by atoms with E-state index in [0.717, 1.165) is 27.5 Å².